The summed E-state index contributed by atoms with van der Waals surface area (Å²) >= 11 is 0. The number of nitrogens with zero attached hydrogens (tertiary/aromatic N) is 5. The number of aryl methyl sites for hydroxylation is 1. The highest BCUT2D eigenvalue weighted by Crippen LogP contribution is 2.42. The Balaban J connectivity index is 1.33. The molecule has 0 unspecified atom stereocenters. The zero-order chi connectivity index (χ0) is 22.3. The summed E-state index contributed by atoms with van der Waals surface area (Å²) in [6.07, 6.45) is 2.03. The minimum absolute atomic E-state index is 0.179. The predicted molar refractivity (Wildman–Crippen MR) is 119 cm³/mol. The number of benzene rings is 2. The summed E-state index contributed by atoms with van der Waals surface area (Å²) in [5, 5.41) is 8.52. The molecule has 2 heterocycles. The third-order valence-electron chi connectivity index (χ3n) is 6.06. The standard InChI is InChI=1S/C23H25N5O3S/c1-17-7-11-20(12-8-17)32(30,31)27-15-13-26(14-16-27)23(29)21-22(18-9-10-18)28(25-24-21)19-5-3-2-4-6-19/h2-8,11-12,18H,9-10,13-16H2,1H3. The Kier molecular flexibility index (Phi) is 5.30. The van der Waals surface area contributed by atoms with Crippen LogP contribution in [0.5, 0.6) is 0 Å². The highest BCUT2D eigenvalue weighted by Gasteiger charge is 2.37. The van der Waals surface area contributed by atoms with E-state index in [0.29, 0.717) is 18.8 Å². The quantitative estimate of drug-likeness (QED) is 0.595. The topological polar surface area (TPSA) is 88.4 Å². The molecule has 1 amide bonds. The van der Waals surface area contributed by atoms with Gasteiger partial charge < -0.3 is 4.90 Å². The van der Waals surface area contributed by atoms with Gasteiger partial charge in [-0.2, -0.15) is 4.31 Å². The summed E-state index contributed by atoms with van der Waals surface area (Å²) in [7, 11) is -3.57. The summed E-state index contributed by atoms with van der Waals surface area (Å²) in [5.74, 6) is 0.105. The van der Waals surface area contributed by atoms with Crippen LogP contribution in [0.1, 0.15) is 40.5 Å². The van der Waals surface area contributed by atoms with E-state index in [0.717, 1.165) is 29.8 Å². The van der Waals surface area contributed by atoms with Crippen LogP contribution in [0.3, 0.4) is 0 Å². The summed E-state index contributed by atoms with van der Waals surface area (Å²) in [6, 6.07) is 16.6. The summed E-state index contributed by atoms with van der Waals surface area (Å²) in [5.41, 5.74) is 3.13. The Morgan fingerprint density at radius 1 is 0.938 bits per heavy atom. The van der Waals surface area contributed by atoms with Gasteiger partial charge in [-0.25, -0.2) is 13.1 Å². The number of hydrogen-bond acceptors (Lipinski definition) is 5. The third kappa shape index (κ3) is 3.82. The van der Waals surface area contributed by atoms with E-state index in [1.54, 1.807) is 33.8 Å². The maximum atomic E-state index is 13.3. The molecule has 0 radical (unpaired) electrons. The Labute approximate surface area is 187 Å². The molecule has 0 bridgehead atoms. The van der Waals surface area contributed by atoms with E-state index in [-0.39, 0.29) is 29.8 Å². The van der Waals surface area contributed by atoms with E-state index in [4.69, 9.17) is 0 Å². The molecule has 0 N–H and O–H groups in total. The lowest BCUT2D eigenvalue weighted by atomic mass is 10.2. The van der Waals surface area contributed by atoms with Gasteiger partial charge >= 0.3 is 0 Å². The van der Waals surface area contributed by atoms with Crippen molar-refractivity contribution < 1.29 is 13.2 Å². The average Bonchev–Trinajstić information content (AvgIpc) is 3.57. The molecule has 1 saturated heterocycles. The number of carbonyl (C=O) groups is 1. The molecule has 32 heavy (non-hydrogen) atoms. The highest BCUT2D eigenvalue weighted by molar-refractivity contribution is 7.89. The van der Waals surface area contributed by atoms with Crippen molar-refractivity contribution in [1.29, 1.82) is 0 Å². The summed E-state index contributed by atoms with van der Waals surface area (Å²) in [4.78, 5) is 15.3. The fourth-order valence-electron chi connectivity index (χ4n) is 4.07. The molecular formula is C23H25N5O3S. The van der Waals surface area contributed by atoms with Gasteiger partial charge in [0.1, 0.15) is 0 Å². The fraction of sp³-hybridized carbons (Fsp3) is 0.348. The molecule has 1 aromatic heterocycles. The monoisotopic (exact) mass is 451 g/mol. The first-order valence-electron chi connectivity index (χ1n) is 10.8. The number of hydrogen-bond donors (Lipinski definition) is 0. The van der Waals surface area contributed by atoms with Crippen LogP contribution >= 0.6 is 0 Å². The minimum Gasteiger partial charge on any atom is -0.335 e. The van der Waals surface area contributed by atoms with E-state index >= 15 is 0 Å². The number of para-hydroxylation sites is 1. The normalized spacial score (nSPS) is 17.5. The number of sulfonamides is 1. The van der Waals surface area contributed by atoms with Gasteiger partial charge in [0.25, 0.3) is 5.91 Å². The van der Waals surface area contributed by atoms with Gasteiger partial charge in [-0.05, 0) is 44.0 Å². The number of carbonyl (C=O) groups excluding carboxylic acids is 1. The SMILES string of the molecule is Cc1ccc(S(=O)(=O)N2CCN(C(=O)c3nnn(-c4ccccc4)c3C3CC3)CC2)cc1. The van der Waals surface area contributed by atoms with Crippen molar-refractivity contribution in [2.24, 2.45) is 0 Å². The van der Waals surface area contributed by atoms with Crippen LogP contribution in [0, 0.1) is 6.92 Å². The van der Waals surface area contributed by atoms with Gasteiger partial charge in [0.05, 0.1) is 16.3 Å². The highest BCUT2D eigenvalue weighted by atomic mass is 32.2. The first-order chi connectivity index (χ1) is 15.4. The minimum atomic E-state index is -3.57. The largest absolute Gasteiger partial charge is 0.335 e. The van der Waals surface area contributed by atoms with Gasteiger partial charge in [0, 0.05) is 32.1 Å². The van der Waals surface area contributed by atoms with Crippen molar-refractivity contribution in [1.82, 2.24) is 24.2 Å². The Morgan fingerprint density at radius 2 is 1.59 bits per heavy atom. The first kappa shape index (κ1) is 20.8. The van der Waals surface area contributed by atoms with Gasteiger partial charge in [-0.3, -0.25) is 4.79 Å². The fourth-order valence-corrected chi connectivity index (χ4v) is 5.49. The van der Waals surface area contributed by atoms with Crippen LogP contribution in [-0.4, -0.2) is 64.7 Å². The van der Waals surface area contributed by atoms with Crippen molar-refractivity contribution in [3.63, 3.8) is 0 Å². The second kappa shape index (κ2) is 8.14. The zero-order valence-corrected chi connectivity index (χ0v) is 18.7. The average molecular weight is 452 g/mol. The molecule has 1 aliphatic carbocycles. The van der Waals surface area contributed by atoms with E-state index < -0.39 is 10.0 Å². The van der Waals surface area contributed by atoms with Gasteiger partial charge in [-0.1, -0.05) is 41.1 Å². The van der Waals surface area contributed by atoms with Gasteiger partial charge in [0.15, 0.2) is 5.69 Å². The van der Waals surface area contributed by atoms with Crippen molar-refractivity contribution >= 4 is 15.9 Å². The molecule has 2 fully saturated rings. The predicted octanol–water partition coefficient (Wildman–Crippen LogP) is 2.60. The molecule has 166 valence electrons. The Bertz CT molecular complexity index is 1230. The molecular weight excluding hydrogens is 426 g/mol. The lowest BCUT2D eigenvalue weighted by Crippen LogP contribution is -2.50. The van der Waals surface area contributed by atoms with E-state index in [2.05, 4.69) is 10.3 Å². The van der Waals surface area contributed by atoms with Crippen molar-refractivity contribution in [3.05, 3.63) is 71.5 Å². The molecule has 9 heteroatoms. The van der Waals surface area contributed by atoms with E-state index in [1.165, 1.54) is 4.31 Å². The maximum absolute atomic E-state index is 13.3. The van der Waals surface area contributed by atoms with Crippen molar-refractivity contribution in [2.75, 3.05) is 26.2 Å². The van der Waals surface area contributed by atoms with Crippen molar-refractivity contribution in [2.45, 2.75) is 30.6 Å². The van der Waals surface area contributed by atoms with E-state index in [1.807, 2.05) is 37.3 Å². The van der Waals surface area contributed by atoms with Crippen LogP contribution < -0.4 is 0 Å². The maximum Gasteiger partial charge on any atom is 0.276 e. The number of piperazine rings is 1. The molecule has 8 nitrogen and oxygen atoms in total. The molecule has 1 aliphatic heterocycles. The second-order valence-electron chi connectivity index (χ2n) is 8.35. The number of rotatable bonds is 5. The second-order valence-corrected chi connectivity index (χ2v) is 10.3. The van der Waals surface area contributed by atoms with Crippen LogP contribution in [0.15, 0.2) is 59.5 Å². The lowest BCUT2D eigenvalue weighted by Gasteiger charge is -2.33. The number of amides is 1. The first-order valence-corrected chi connectivity index (χ1v) is 12.3. The van der Waals surface area contributed by atoms with E-state index in [9.17, 15) is 13.2 Å². The summed E-state index contributed by atoms with van der Waals surface area (Å²) < 4.78 is 29.1. The molecule has 1 saturated carbocycles. The van der Waals surface area contributed by atoms with Crippen LogP contribution in [0.25, 0.3) is 5.69 Å². The van der Waals surface area contributed by atoms with Crippen LogP contribution in [-0.2, 0) is 10.0 Å². The molecule has 2 aliphatic rings. The molecule has 5 rings (SSSR count). The van der Waals surface area contributed by atoms with Crippen molar-refractivity contribution in [3.8, 4) is 5.69 Å². The summed E-state index contributed by atoms with van der Waals surface area (Å²) in [6.45, 7) is 3.09. The lowest BCUT2D eigenvalue weighted by molar-refractivity contribution is 0.0690. The smallest absolute Gasteiger partial charge is 0.276 e. The third-order valence-corrected chi connectivity index (χ3v) is 7.97. The molecule has 0 atom stereocenters. The Morgan fingerprint density at radius 3 is 2.22 bits per heavy atom. The molecule has 0 spiro atoms. The molecule has 2 aromatic carbocycles. The number of aromatic nitrogens is 3. The van der Waals surface area contributed by atoms with Gasteiger partial charge in [0.2, 0.25) is 10.0 Å². The van der Waals surface area contributed by atoms with Crippen LogP contribution in [0.2, 0.25) is 0 Å². The van der Waals surface area contributed by atoms with Crippen LogP contribution in [0.4, 0.5) is 0 Å². The zero-order valence-electron chi connectivity index (χ0n) is 17.9. The Hall–Kier alpha value is -3.04. The molecule has 3 aromatic rings. The van der Waals surface area contributed by atoms with Gasteiger partial charge in [-0.15, -0.1) is 5.10 Å².